The maximum Gasteiger partial charge on any atom is 0.199 e. The second kappa shape index (κ2) is 5.28. The van der Waals surface area contributed by atoms with Crippen molar-refractivity contribution < 1.29 is 14.3 Å². The molecule has 2 aromatic rings. The number of rotatable bonds is 3. The summed E-state index contributed by atoms with van der Waals surface area (Å²) < 4.78 is 12.9. The molecule has 0 spiro atoms. The fourth-order valence-electron chi connectivity index (χ4n) is 2.85. The summed E-state index contributed by atoms with van der Waals surface area (Å²) >= 11 is 1.82. The lowest BCUT2D eigenvalue weighted by Crippen LogP contribution is -2.21. The Hall–Kier alpha value is -2.08. The van der Waals surface area contributed by atoms with Crippen LogP contribution in [0.2, 0.25) is 0 Å². The zero-order chi connectivity index (χ0) is 15.1. The zero-order valence-electron chi connectivity index (χ0n) is 12.4. The SMILES string of the molecule is COc1ccc(-n2c(OC)cc3c2SCC2CON=C32)cc1. The van der Waals surface area contributed by atoms with Crippen molar-refractivity contribution in [3.63, 3.8) is 0 Å². The number of methoxy groups -OCH3 is 2. The van der Waals surface area contributed by atoms with Crippen molar-refractivity contribution in [3.8, 4) is 17.3 Å². The first-order valence-corrected chi connectivity index (χ1v) is 8.07. The molecule has 114 valence electrons. The third kappa shape index (κ3) is 1.98. The van der Waals surface area contributed by atoms with Crippen LogP contribution in [0.25, 0.3) is 5.69 Å². The lowest BCUT2D eigenvalue weighted by molar-refractivity contribution is 0.159. The van der Waals surface area contributed by atoms with Crippen molar-refractivity contribution >= 4 is 17.5 Å². The molecule has 0 amide bonds. The van der Waals surface area contributed by atoms with Crippen molar-refractivity contribution in [2.45, 2.75) is 5.03 Å². The second-order valence-corrected chi connectivity index (χ2v) is 6.23. The molecule has 4 rings (SSSR count). The minimum absolute atomic E-state index is 0.383. The summed E-state index contributed by atoms with van der Waals surface area (Å²) in [4.78, 5) is 5.28. The highest BCUT2D eigenvalue weighted by atomic mass is 32.2. The van der Waals surface area contributed by atoms with E-state index in [-0.39, 0.29) is 0 Å². The maximum absolute atomic E-state index is 5.58. The standard InChI is InChI=1S/C16H16N2O3S/c1-19-12-5-3-11(4-6-12)18-14(20-2)7-13-15-10(8-21-17-15)9-22-16(13)18/h3-7,10H,8-9H2,1-2H3. The van der Waals surface area contributed by atoms with Crippen molar-refractivity contribution in [1.29, 1.82) is 0 Å². The molecule has 1 aromatic heterocycles. The molecule has 0 radical (unpaired) electrons. The van der Waals surface area contributed by atoms with Crippen LogP contribution < -0.4 is 9.47 Å². The molecule has 2 aliphatic rings. The smallest absolute Gasteiger partial charge is 0.199 e. The minimum atomic E-state index is 0.383. The van der Waals surface area contributed by atoms with E-state index in [4.69, 9.17) is 14.3 Å². The van der Waals surface area contributed by atoms with Crippen LogP contribution in [0.4, 0.5) is 0 Å². The molecule has 5 nitrogen and oxygen atoms in total. The van der Waals surface area contributed by atoms with E-state index < -0.39 is 0 Å². The third-order valence-electron chi connectivity index (χ3n) is 3.98. The molecule has 0 fully saturated rings. The zero-order valence-corrected chi connectivity index (χ0v) is 13.2. The molecule has 2 aliphatic heterocycles. The molecule has 0 N–H and O–H groups in total. The highest BCUT2D eigenvalue weighted by Gasteiger charge is 2.35. The number of benzene rings is 1. The highest BCUT2D eigenvalue weighted by Crippen LogP contribution is 2.41. The molecule has 0 aliphatic carbocycles. The Morgan fingerprint density at radius 1 is 1.23 bits per heavy atom. The Morgan fingerprint density at radius 2 is 2.05 bits per heavy atom. The van der Waals surface area contributed by atoms with Crippen LogP contribution in [0.5, 0.6) is 11.6 Å². The van der Waals surface area contributed by atoms with E-state index >= 15 is 0 Å². The summed E-state index contributed by atoms with van der Waals surface area (Å²) in [6, 6.07) is 10.0. The van der Waals surface area contributed by atoms with Crippen LogP contribution >= 0.6 is 11.8 Å². The van der Waals surface area contributed by atoms with Gasteiger partial charge in [0.25, 0.3) is 0 Å². The van der Waals surface area contributed by atoms with Crippen molar-refractivity contribution in [2.24, 2.45) is 11.1 Å². The summed E-state index contributed by atoms with van der Waals surface area (Å²) in [5.74, 6) is 3.01. The first kappa shape index (κ1) is 13.6. The number of ether oxygens (including phenoxy) is 2. The highest BCUT2D eigenvalue weighted by molar-refractivity contribution is 7.99. The van der Waals surface area contributed by atoms with Gasteiger partial charge in [-0.15, -0.1) is 11.8 Å². The van der Waals surface area contributed by atoms with Crippen LogP contribution in [-0.2, 0) is 4.84 Å². The first-order chi connectivity index (χ1) is 10.8. The molecule has 6 heteroatoms. The number of fused-ring (bicyclic) bond motifs is 3. The molecule has 1 unspecified atom stereocenters. The number of thioether (sulfide) groups is 1. The van der Waals surface area contributed by atoms with E-state index in [0.717, 1.165) is 39.4 Å². The largest absolute Gasteiger partial charge is 0.497 e. The molecule has 0 bridgehead atoms. The van der Waals surface area contributed by atoms with Gasteiger partial charge in [-0.1, -0.05) is 5.16 Å². The molecule has 22 heavy (non-hydrogen) atoms. The van der Waals surface area contributed by atoms with Crippen molar-refractivity contribution in [3.05, 3.63) is 35.9 Å². The van der Waals surface area contributed by atoms with Gasteiger partial charge >= 0.3 is 0 Å². The molecular formula is C16H16N2O3S. The van der Waals surface area contributed by atoms with Crippen molar-refractivity contribution in [1.82, 2.24) is 4.57 Å². The summed E-state index contributed by atoms with van der Waals surface area (Å²) in [7, 11) is 3.36. The molecular weight excluding hydrogens is 300 g/mol. The predicted octanol–water partition coefficient (Wildman–Crippen LogP) is 2.95. The van der Waals surface area contributed by atoms with E-state index in [9.17, 15) is 0 Å². The van der Waals surface area contributed by atoms with E-state index in [1.807, 2.05) is 42.1 Å². The molecule has 3 heterocycles. The maximum atomic E-state index is 5.58. The molecule has 1 atom stereocenters. The summed E-state index contributed by atoms with van der Waals surface area (Å²) in [5, 5.41) is 5.38. The van der Waals surface area contributed by atoms with Crippen LogP contribution in [0.3, 0.4) is 0 Å². The molecule has 0 saturated heterocycles. The van der Waals surface area contributed by atoms with E-state index in [1.54, 1.807) is 14.2 Å². The number of oxime groups is 1. The van der Waals surface area contributed by atoms with Gasteiger partial charge in [-0.3, -0.25) is 4.57 Å². The van der Waals surface area contributed by atoms with Gasteiger partial charge in [-0.05, 0) is 24.3 Å². The predicted molar refractivity (Wildman–Crippen MR) is 85.6 cm³/mol. The lowest BCUT2D eigenvalue weighted by Gasteiger charge is -2.19. The van der Waals surface area contributed by atoms with Gasteiger partial charge in [0, 0.05) is 23.1 Å². The third-order valence-corrected chi connectivity index (χ3v) is 5.23. The quantitative estimate of drug-likeness (QED) is 0.873. The normalized spacial score (nSPS) is 19.0. The van der Waals surface area contributed by atoms with Crippen LogP contribution in [-0.4, -0.2) is 36.9 Å². The van der Waals surface area contributed by atoms with Crippen LogP contribution in [0.15, 0.2) is 40.5 Å². The Morgan fingerprint density at radius 3 is 2.77 bits per heavy atom. The monoisotopic (exact) mass is 316 g/mol. The number of hydrogen-bond donors (Lipinski definition) is 0. The summed E-state index contributed by atoms with van der Waals surface area (Å²) in [5.41, 5.74) is 3.20. The molecule has 1 aromatic carbocycles. The van der Waals surface area contributed by atoms with E-state index in [2.05, 4.69) is 9.72 Å². The number of aromatic nitrogens is 1. The first-order valence-electron chi connectivity index (χ1n) is 7.09. The van der Waals surface area contributed by atoms with Gasteiger partial charge in [0.1, 0.15) is 12.4 Å². The average molecular weight is 316 g/mol. The van der Waals surface area contributed by atoms with Gasteiger partial charge in [0.05, 0.1) is 30.9 Å². The van der Waals surface area contributed by atoms with Crippen LogP contribution in [0.1, 0.15) is 5.56 Å². The summed E-state index contributed by atoms with van der Waals surface area (Å²) in [6.07, 6.45) is 0. The average Bonchev–Trinajstić information content (AvgIpc) is 3.18. The van der Waals surface area contributed by atoms with Gasteiger partial charge in [-0.25, -0.2) is 0 Å². The Balaban J connectivity index is 1.85. The van der Waals surface area contributed by atoms with Crippen molar-refractivity contribution in [2.75, 3.05) is 26.6 Å². The number of nitrogens with zero attached hydrogens (tertiary/aromatic N) is 2. The van der Waals surface area contributed by atoms with E-state index in [0.29, 0.717) is 12.5 Å². The van der Waals surface area contributed by atoms with Gasteiger partial charge in [0.15, 0.2) is 5.88 Å². The van der Waals surface area contributed by atoms with Gasteiger partial charge in [-0.2, -0.15) is 0 Å². The second-order valence-electron chi connectivity index (χ2n) is 5.22. The van der Waals surface area contributed by atoms with Crippen LogP contribution in [0, 0.1) is 5.92 Å². The summed E-state index contributed by atoms with van der Waals surface area (Å²) in [6.45, 7) is 0.678. The topological polar surface area (TPSA) is 45.0 Å². The Labute approximate surface area is 132 Å². The molecule has 0 saturated carbocycles. The lowest BCUT2D eigenvalue weighted by atomic mass is 10.0. The Bertz CT molecular complexity index is 737. The minimum Gasteiger partial charge on any atom is -0.497 e. The fourth-order valence-corrected chi connectivity index (χ4v) is 4.10. The van der Waals surface area contributed by atoms with Gasteiger partial charge in [0.2, 0.25) is 0 Å². The van der Waals surface area contributed by atoms with E-state index in [1.165, 1.54) is 0 Å². The fraction of sp³-hybridized carbons (Fsp3) is 0.312. The van der Waals surface area contributed by atoms with Gasteiger partial charge < -0.3 is 14.3 Å². The Kier molecular flexibility index (Phi) is 3.26. The number of hydrogen-bond acceptors (Lipinski definition) is 5.